The Kier molecular flexibility index (Phi) is 7.07. The Bertz CT molecular complexity index is 1130. The molecule has 2 unspecified atom stereocenters. The highest BCUT2D eigenvalue weighted by atomic mass is 35.5. The van der Waals surface area contributed by atoms with Gasteiger partial charge in [-0.3, -0.25) is 14.5 Å². The Morgan fingerprint density at radius 3 is 2.42 bits per heavy atom. The number of anilines is 1. The third kappa shape index (κ3) is 5.08. The van der Waals surface area contributed by atoms with Crippen LogP contribution in [0.4, 0.5) is 5.69 Å². The maximum Gasteiger partial charge on any atom is 0.252 e. The lowest BCUT2D eigenvalue weighted by atomic mass is 10.0. The minimum atomic E-state index is -3.73. The zero-order valence-electron chi connectivity index (χ0n) is 18.5. The van der Waals surface area contributed by atoms with Crippen molar-refractivity contribution in [1.82, 2.24) is 10.2 Å². The number of piperidine rings is 1. The second kappa shape index (κ2) is 9.83. The fraction of sp³-hybridized carbons (Fsp3) is 0.417. The van der Waals surface area contributed by atoms with Crippen molar-refractivity contribution in [3.8, 4) is 0 Å². The molecule has 2 aromatic rings. The normalized spacial score (nSPS) is 21.7. The molecular weight excluding hydrogens is 462 g/mol. The number of likely N-dealkylation sites (tertiary alicyclic amines) is 1. The summed E-state index contributed by atoms with van der Waals surface area (Å²) in [6.07, 6.45) is 3.50. The molecule has 1 N–H and O–H groups in total. The van der Waals surface area contributed by atoms with Gasteiger partial charge in [-0.2, -0.15) is 0 Å². The molecule has 0 aromatic heterocycles. The number of carbonyl (C=O) groups is 2. The molecule has 33 heavy (non-hydrogen) atoms. The molecular formula is C24H28ClN3O4S. The van der Waals surface area contributed by atoms with Gasteiger partial charge in [0.15, 0.2) is 0 Å². The monoisotopic (exact) mass is 489 g/mol. The average molecular weight is 490 g/mol. The zero-order valence-corrected chi connectivity index (χ0v) is 20.1. The molecule has 2 aliphatic rings. The maximum absolute atomic E-state index is 12.9. The molecule has 0 spiro atoms. The number of hydrogen-bond donors (Lipinski definition) is 1. The molecule has 2 fully saturated rings. The molecule has 2 saturated heterocycles. The van der Waals surface area contributed by atoms with Crippen LogP contribution in [0.25, 0.3) is 0 Å². The summed E-state index contributed by atoms with van der Waals surface area (Å²) in [5.41, 5.74) is 1.54. The summed E-state index contributed by atoms with van der Waals surface area (Å²) >= 11 is 6.36. The van der Waals surface area contributed by atoms with Crippen molar-refractivity contribution in [2.45, 2.75) is 32.2 Å². The molecule has 2 aliphatic heterocycles. The number of hydrogen-bond acceptors (Lipinski definition) is 5. The van der Waals surface area contributed by atoms with E-state index in [0.29, 0.717) is 6.54 Å². The average Bonchev–Trinajstić information content (AvgIpc) is 3.01. The molecule has 0 bridgehead atoms. The smallest absolute Gasteiger partial charge is 0.252 e. The molecule has 4 rings (SSSR count). The Hall–Kier alpha value is -2.42. The van der Waals surface area contributed by atoms with Gasteiger partial charge in [-0.05, 0) is 49.7 Å². The number of amides is 2. The van der Waals surface area contributed by atoms with Crippen molar-refractivity contribution in [3.05, 3.63) is 64.7 Å². The van der Waals surface area contributed by atoms with Gasteiger partial charge in [0.05, 0.1) is 34.0 Å². The molecule has 2 heterocycles. The van der Waals surface area contributed by atoms with Gasteiger partial charge in [-0.1, -0.05) is 55.3 Å². The molecule has 9 heteroatoms. The SMILES string of the molecule is CC1CS(=O)(=O)N(c2ccc(C(=O)NCC(c3ccccc3)N3CCCCC3)c(Cl)c2)C1=O. The number of benzene rings is 2. The first kappa shape index (κ1) is 23.7. The highest BCUT2D eigenvalue weighted by Gasteiger charge is 2.42. The van der Waals surface area contributed by atoms with Crippen LogP contribution in [-0.4, -0.2) is 50.5 Å². The summed E-state index contributed by atoms with van der Waals surface area (Å²) in [6, 6.07) is 14.5. The van der Waals surface area contributed by atoms with Gasteiger partial charge >= 0.3 is 0 Å². The van der Waals surface area contributed by atoms with Crippen LogP contribution < -0.4 is 9.62 Å². The fourth-order valence-corrected chi connectivity index (χ4v) is 6.62. The molecule has 176 valence electrons. The lowest BCUT2D eigenvalue weighted by Crippen LogP contribution is -2.40. The summed E-state index contributed by atoms with van der Waals surface area (Å²) in [7, 11) is -3.73. The van der Waals surface area contributed by atoms with Gasteiger partial charge in [-0.25, -0.2) is 12.7 Å². The van der Waals surface area contributed by atoms with E-state index in [2.05, 4.69) is 22.3 Å². The molecule has 2 amide bonds. The molecule has 0 saturated carbocycles. The summed E-state index contributed by atoms with van der Waals surface area (Å²) < 4.78 is 25.5. The predicted molar refractivity (Wildman–Crippen MR) is 129 cm³/mol. The highest BCUT2D eigenvalue weighted by molar-refractivity contribution is 7.94. The van der Waals surface area contributed by atoms with Gasteiger partial charge < -0.3 is 5.32 Å². The van der Waals surface area contributed by atoms with Crippen LogP contribution in [0.1, 0.15) is 48.1 Å². The van der Waals surface area contributed by atoms with Crippen molar-refractivity contribution in [2.24, 2.45) is 5.92 Å². The molecule has 2 atom stereocenters. The second-order valence-electron chi connectivity index (χ2n) is 8.68. The Labute approximate surface area is 199 Å². The van der Waals surface area contributed by atoms with Crippen molar-refractivity contribution in [2.75, 3.05) is 29.7 Å². The van der Waals surface area contributed by atoms with Crippen LogP contribution in [0.15, 0.2) is 48.5 Å². The van der Waals surface area contributed by atoms with E-state index in [9.17, 15) is 18.0 Å². The van der Waals surface area contributed by atoms with E-state index in [1.54, 1.807) is 6.92 Å². The lowest BCUT2D eigenvalue weighted by Gasteiger charge is -2.35. The van der Waals surface area contributed by atoms with E-state index in [4.69, 9.17) is 11.6 Å². The Morgan fingerprint density at radius 1 is 1.12 bits per heavy atom. The van der Waals surface area contributed by atoms with E-state index in [1.165, 1.54) is 24.6 Å². The largest absolute Gasteiger partial charge is 0.350 e. The van der Waals surface area contributed by atoms with Crippen LogP contribution >= 0.6 is 11.6 Å². The van der Waals surface area contributed by atoms with Crippen molar-refractivity contribution in [1.29, 1.82) is 0 Å². The fourth-order valence-electron chi connectivity index (χ4n) is 4.55. The van der Waals surface area contributed by atoms with Crippen LogP contribution in [0.3, 0.4) is 0 Å². The summed E-state index contributed by atoms with van der Waals surface area (Å²) in [4.78, 5) is 27.7. The minimum absolute atomic E-state index is 0.0577. The zero-order chi connectivity index (χ0) is 23.6. The van der Waals surface area contributed by atoms with Crippen molar-refractivity contribution < 1.29 is 18.0 Å². The molecule has 0 aliphatic carbocycles. The number of carbonyl (C=O) groups excluding carboxylic acids is 2. The van der Waals surface area contributed by atoms with Gasteiger partial charge in [0.2, 0.25) is 15.9 Å². The highest BCUT2D eigenvalue weighted by Crippen LogP contribution is 2.31. The predicted octanol–water partition coefficient (Wildman–Crippen LogP) is 3.61. The van der Waals surface area contributed by atoms with Gasteiger partial charge in [0.25, 0.3) is 5.91 Å². The van der Waals surface area contributed by atoms with Crippen molar-refractivity contribution in [3.63, 3.8) is 0 Å². The van der Waals surface area contributed by atoms with E-state index in [0.717, 1.165) is 35.8 Å². The number of nitrogens with zero attached hydrogens (tertiary/aromatic N) is 2. The Morgan fingerprint density at radius 2 is 1.82 bits per heavy atom. The number of nitrogens with one attached hydrogen (secondary N) is 1. The number of rotatable bonds is 6. The van der Waals surface area contributed by atoms with Crippen LogP contribution in [-0.2, 0) is 14.8 Å². The lowest BCUT2D eigenvalue weighted by molar-refractivity contribution is -0.119. The van der Waals surface area contributed by atoms with E-state index in [-0.39, 0.29) is 34.0 Å². The van der Waals surface area contributed by atoms with Crippen molar-refractivity contribution >= 4 is 39.1 Å². The standard InChI is InChI=1S/C24H28ClN3O4S/c1-17-16-33(31,32)28(24(17)30)19-10-11-20(21(25)14-19)23(29)26-15-22(18-8-4-2-5-9-18)27-12-6-3-7-13-27/h2,4-5,8-11,14,17,22H,3,6-7,12-13,15-16H2,1H3,(H,26,29). The minimum Gasteiger partial charge on any atom is -0.350 e. The first-order valence-electron chi connectivity index (χ1n) is 11.2. The topological polar surface area (TPSA) is 86.8 Å². The summed E-state index contributed by atoms with van der Waals surface area (Å²) in [5, 5.41) is 3.09. The van der Waals surface area contributed by atoms with Gasteiger partial charge in [-0.15, -0.1) is 0 Å². The number of halogens is 1. The first-order chi connectivity index (χ1) is 15.8. The van der Waals surface area contributed by atoms with Gasteiger partial charge in [0.1, 0.15) is 0 Å². The van der Waals surface area contributed by atoms with Gasteiger partial charge in [0, 0.05) is 6.54 Å². The van der Waals surface area contributed by atoms with E-state index >= 15 is 0 Å². The first-order valence-corrected chi connectivity index (χ1v) is 13.2. The maximum atomic E-state index is 12.9. The third-order valence-corrected chi connectivity index (χ3v) is 8.45. The molecule has 7 nitrogen and oxygen atoms in total. The molecule has 0 radical (unpaired) electrons. The second-order valence-corrected chi connectivity index (χ2v) is 10.9. The summed E-state index contributed by atoms with van der Waals surface area (Å²) in [5.74, 6) is -1.67. The number of sulfonamides is 1. The van der Waals surface area contributed by atoms with Crippen LogP contribution in [0, 0.1) is 5.92 Å². The van der Waals surface area contributed by atoms with Crippen LogP contribution in [0.5, 0.6) is 0 Å². The van der Waals surface area contributed by atoms with E-state index < -0.39 is 21.8 Å². The van der Waals surface area contributed by atoms with Crippen LogP contribution in [0.2, 0.25) is 5.02 Å². The quantitative estimate of drug-likeness (QED) is 0.669. The molecule has 2 aromatic carbocycles. The summed E-state index contributed by atoms with van der Waals surface area (Å²) in [6.45, 7) is 3.98. The third-order valence-electron chi connectivity index (χ3n) is 6.26. The Balaban J connectivity index is 1.50. The van der Waals surface area contributed by atoms with E-state index in [1.807, 2.05) is 18.2 Å².